The first kappa shape index (κ1) is 15.4. The van der Waals surface area contributed by atoms with Gasteiger partial charge in [0.2, 0.25) is 0 Å². The van der Waals surface area contributed by atoms with Crippen LogP contribution in [0.3, 0.4) is 0 Å². The average Bonchev–Trinajstić information content (AvgIpc) is 2.44. The molecule has 0 aliphatic heterocycles. The maximum absolute atomic E-state index is 11.4. The summed E-state index contributed by atoms with van der Waals surface area (Å²) in [5.74, 6) is -2.13. The maximum Gasteiger partial charge on any atom is 0.375 e. The van der Waals surface area contributed by atoms with Gasteiger partial charge in [-0.25, -0.2) is 9.59 Å². The fourth-order valence-corrected chi connectivity index (χ4v) is 1.30. The molecule has 0 amide bonds. The van der Waals surface area contributed by atoms with E-state index in [0.717, 1.165) is 32.4 Å². The Morgan fingerprint density at radius 3 is 2.45 bits per heavy atom. The highest BCUT2D eigenvalue weighted by Crippen LogP contribution is 2.25. The third-order valence-corrected chi connectivity index (χ3v) is 2.22. The largest absolute Gasteiger partial charge is 0.465 e. The van der Waals surface area contributed by atoms with Crippen molar-refractivity contribution in [2.24, 2.45) is 0 Å². The van der Waals surface area contributed by atoms with Gasteiger partial charge in [0.05, 0.1) is 19.1 Å². The van der Waals surface area contributed by atoms with Crippen LogP contribution < -0.4 is 4.74 Å². The van der Waals surface area contributed by atoms with Gasteiger partial charge < -0.3 is 19.3 Å². The van der Waals surface area contributed by atoms with E-state index in [0.29, 0.717) is 0 Å². The van der Waals surface area contributed by atoms with Crippen molar-refractivity contribution in [3.8, 4) is 5.75 Å². The van der Waals surface area contributed by atoms with Crippen LogP contribution in [0.15, 0.2) is 18.2 Å². The van der Waals surface area contributed by atoms with Crippen molar-refractivity contribution in [2.75, 3.05) is 14.2 Å². The van der Waals surface area contributed by atoms with Gasteiger partial charge in [-0.2, -0.15) is 0 Å². The van der Waals surface area contributed by atoms with Crippen molar-refractivity contribution in [1.82, 2.24) is 0 Å². The Labute approximate surface area is 112 Å². The second-order valence-corrected chi connectivity index (χ2v) is 3.42. The standard InChI is InChI=1S/C11H11NO8/c1-18-9(13)7-5-6(3-4-8(7)12(16)17)20-11(15)10(14)19-2/h3-5,11,15H,1-2H3. The molecule has 108 valence electrons. The van der Waals surface area contributed by atoms with E-state index in [1.54, 1.807) is 0 Å². The summed E-state index contributed by atoms with van der Waals surface area (Å²) in [6.45, 7) is 0. The Bertz CT molecular complexity index is 541. The molecule has 9 heteroatoms. The number of aliphatic hydroxyl groups excluding tert-OH is 1. The second-order valence-electron chi connectivity index (χ2n) is 3.42. The summed E-state index contributed by atoms with van der Waals surface area (Å²) >= 11 is 0. The molecule has 0 fully saturated rings. The van der Waals surface area contributed by atoms with Gasteiger partial charge in [-0.15, -0.1) is 0 Å². The molecule has 0 heterocycles. The minimum absolute atomic E-state index is 0.131. The van der Waals surface area contributed by atoms with Crippen molar-refractivity contribution in [3.05, 3.63) is 33.9 Å². The minimum Gasteiger partial charge on any atom is -0.465 e. The van der Waals surface area contributed by atoms with E-state index >= 15 is 0 Å². The summed E-state index contributed by atoms with van der Waals surface area (Å²) in [5.41, 5.74) is -0.858. The summed E-state index contributed by atoms with van der Waals surface area (Å²) in [7, 11) is 2.10. The third-order valence-electron chi connectivity index (χ3n) is 2.22. The zero-order valence-corrected chi connectivity index (χ0v) is 10.6. The van der Waals surface area contributed by atoms with Gasteiger partial charge in [-0.1, -0.05) is 0 Å². The van der Waals surface area contributed by atoms with Crippen molar-refractivity contribution < 1.29 is 33.8 Å². The average molecular weight is 285 g/mol. The number of benzene rings is 1. The van der Waals surface area contributed by atoms with E-state index in [4.69, 9.17) is 4.74 Å². The molecule has 1 unspecified atom stereocenters. The summed E-state index contributed by atoms with van der Waals surface area (Å²) in [5, 5.41) is 20.1. The van der Waals surface area contributed by atoms with Crippen molar-refractivity contribution in [3.63, 3.8) is 0 Å². The number of rotatable bonds is 5. The van der Waals surface area contributed by atoms with Gasteiger partial charge in [0, 0.05) is 12.1 Å². The molecule has 20 heavy (non-hydrogen) atoms. The molecular formula is C11H11NO8. The number of nitro groups is 1. The molecule has 0 radical (unpaired) electrons. The van der Waals surface area contributed by atoms with E-state index in [2.05, 4.69) is 9.47 Å². The first-order chi connectivity index (χ1) is 9.40. The van der Waals surface area contributed by atoms with Crippen molar-refractivity contribution >= 4 is 17.6 Å². The number of esters is 2. The Hall–Kier alpha value is -2.68. The topological polar surface area (TPSA) is 125 Å². The first-order valence-electron chi connectivity index (χ1n) is 5.20. The van der Waals surface area contributed by atoms with E-state index in [-0.39, 0.29) is 11.3 Å². The molecule has 0 aromatic heterocycles. The minimum atomic E-state index is -1.91. The Morgan fingerprint density at radius 2 is 1.95 bits per heavy atom. The molecule has 0 aliphatic carbocycles. The molecule has 1 rings (SSSR count). The number of nitro benzene ring substituents is 1. The Morgan fingerprint density at radius 1 is 1.30 bits per heavy atom. The molecule has 0 bridgehead atoms. The van der Waals surface area contributed by atoms with E-state index in [1.165, 1.54) is 0 Å². The SMILES string of the molecule is COC(=O)c1cc(OC(O)C(=O)OC)ccc1[N+](=O)[O-]. The van der Waals surface area contributed by atoms with Gasteiger partial charge in [0.25, 0.3) is 12.0 Å². The summed E-state index contributed by atoms with van der Waals surface area (Å²) in [6, 6.07) is 3.10. The molecule has 1 N–H and O–H groups in total. The van der Waals surface area contributed by atoms with E-state index in [9.17, 15) is 24.8 Å². The highest BCUT2D eigenvalue weighted by molar-refractivity contribution is 5.94. The normalized spacial score (nSPS) is 11.3. The van der Waals surface area contributed by atoms with Gasteiger partial charge in [0.1, 0.15) is 11.3 Å². The van der Waals surface area contributed by atoms with Crippen molar-refractivity contribution in [1.29, 1.82) is 0 Å². The number of carbonyl (C=O) groups is 2. The van der Waals surface area contributed by atoms with Gasteiger partial charge >= 0.3 is 11.9 Å². The number of methoxy groups -OCH3 is 2. The molecule has 9 nitrogen and oxygen atoms in total. The maximum atomic E-state index is 11.4. The lowest BCUT2D eigenvalue weighted by Crippen LogP contribution is -2.28. The second kappa shape index (κ2) is 6.48. The number of hydrogen-bond acceptors (Lipinski definition) is 8. The zero-order chi connectivity index (χ0) is 15.3. The number of aliphatic hydroxyl groups is 1. The molecule has 1 atom stereocenters. The lowest BCUT2D eigenvalue weighted by molar-refractivity contribution is -0.385. The number of ether oxygens (including phenoxy) is 3. The van der Waals surface area contributed by atoms with Crippen LogP contribution in [-0.4, -0.2) is 42.5 Å². The van der Waals surface area contributed by atoms with Gasteiger partial charge in [0.15, 0.2) is 0 Å². The van der Waals surface area contributed by atoms with Crippen LogP contribution in [0.5, 0.6) is 5.75 Å². The van der Waals surface area contributed by atoms with Gasteiger partial charge in [-0.05, 0) is 6.07 Å². The quantitative estimate of drug-likeness (QED) is 0.353. The van der Waals surface area contributed by atoms with Crippen molar-refractivity contribution in [2.45, 2.75) is 6.29 Å². The number of hydrogen-bond donors (Lipinski definition) is 1. The van der Waals surface area contributed by atoms with Crippen LogP contribution in [0.25, 0.3) is 0 Å². The molecular weight excluding hydrogens is 274 g/mol. The molecule has 1 aromatic carbocycles. The molecule has 0 saturated carbocycles. The highest BCUT2D eigenvalue weighted by atomic mass is 16.6. The fourth-order valence-electron chi connectivity index (χ4n) is 1.30. The van der Waals surface area contributed by atoms with Crippen LogP contribution >= 0.6 is 0 Å². The van der Waals surface area contributed by atoms with Crippen LogP contribution in [0.4, 0.5) is 5.69 Å². The highest BCUT2D eigenvalue weighted by Gasteiger charge is 2.24. The number of nitrogens with zero attached hydrogens (tertiary/aromatic N) is 1. The third kappa shape index (κ3) is 3.42. The van der Waals surface area contributed by atoms with E-state index < -0.39 is 28.8 Å². The lowest BCUT2D eigenvalue weighted by Gasteiger charge is -2.11. The zero-order valence-electron chi connectivity index (χ0n) is 10.6. The molecule has 0 spiro atoms. The summed E-state index contributed by atoms with van der Waals surface area (Å²) in [4.78, 5) is 32.4. The molecule has 0 aliphatic rings. The predicted molar refractivity (Wildman–Crippen MR) is 63.1 cm³/mol. The molecule has 0 saturated heterocycles. The monoisotopic (exact) mass is 285 g/mol. The Kier molecular flexibility index (Phi) is 4.98. The summed E-state index contributed by atoms with van der Waals surface area (Å²) in [6.07, 6.45) is -1.91. The van der Waals surface area contributed by atoms with Crippen LogP contribution in [0.1, 0.15) is 10.4 Å². The van der Waals surface area contributed by atoms with Gasteiger partial charge in [-0.3, -0.25) is 10.1 Å². The van der Waals surface area contributed by atoms with Crippen LogP contribution in [0, 0.1) is 10.1 Å². The first-order valence-corrected chi connectivity index (χ1v) is 5.20. The van der Waals surface area contributed by atoms with Crippen LogP contribution in [0.2, 0.25) is 0 Å². The predicted octanol–water partition coefficient (Wildman–Crippen LogP) is 0.252. The summed E-state index contributed by atoms with van der Waals surface area (Å²) < 4.78 is 13.4. The van der Waals surface area contributed by atoms with E-state index in [1.807, 2.05) is 0 Å². The fraction of sp³-hybridized carbons (Fsp3) is 0.273. The van der Waals surface area contributed by atoms with Crippen LogP contribution in [-0.2, 0) is 14.3 Å². The Balaban J connectivity index is 3.10. The smallest absolute Gasteiger partial charge is 0.375 e. The lowest BCUT2D eigenvalue weighted by atomic mass is 10.1. The number of carbonyl (C=O) groups excluding carboxylic acids is 2. The molecule has 1 aromatic rings.